The van der Waals surface area contributed by atoms with Crippen LogP contribution in [0.3, 0.4) is 0 Å². The quantitative estimate of drug-likeness (QED) is 0.731. The highest BCUT2D eigenvalue weighted by Crippen LogP contribution is 2.26. The first-order valence-corrected chi connectivity index (χ1v) is 6.43. The van der Waals surface area contributed by atoms with Gasteiger partial charge in [0.15, 0.2) is 5.82 Å². The third-order valence-corrected chi connectivity index (χ3v) is 3.29. The second-order valence-corrected chi connectivity index (χ2v) is 4.89. The van der Waals surface area contributed by atoms with Crippen LogP contribution in [0.1, 0.15) is 0 Å². The van der Waals surface area contributed by atoms with Crippen molar-refractivity contribution < 1.29 is 0 Å². The number of nitrogen functional groups attached to an aromatic ring is 1. The van der Waals surface area contributed by atoms with E-state index in [4.69, 9.17) is 17.3 Å². The van der Waals surface area contributed by atoms with E-state index >= 15 is 0 Å². The van der Waals surface area contributed by atoms with Crippen LogP contribution in [0.15, 0.2) is 35.0 Å². The van der Waals surface area contributed by atoms with Crippen molar-refractivity contribution in [2.75, 3.05) is 5.73 Å². The highest BCUT2D eigenvalue weighted by molar-refractivity contribution is 7.08. The molecule has 90 valence electrons. The molecule has 0 aliphatic heterocycles. The molecular formula is C11H8ClN5S. The Balaban J connectivity index is 2.15. The van der Waals surface area contributed by atoms with Crippen molar-refractivity contribution >= 4 is 28.6 Å². The fourth-order valence-electron chi connectivity index (χ4n) is 1.66. The van der Waals surface area contributed by atoms with Crippen molar-refractivity contribution in [2.24, 2.45) is 0 Å². The molecule has 0 unspecified atom stereocenters. The lowest BCUT2D eigenvalue weighted by molar-refractivity contribution is 0.793. The van der Waals surface area contributed by atoms with Crippen molar-refractivity contribution in [3.8, 4) is 17.1 Å². The molecule has 18 heavy (non-hydrogen) atoms. The standard InChI is InChI=1S/C11H8ClN5S/c12-8-3-7(4-9(13)5-8)11-14-15-16-17(11)10-1-2-18-6-10/h1-6H,13H2. The number of tetrazole rings is 1. The minimum atomic E-state index is 0.560. The summed E-state index contributed by atoms with van der Waals surface area (Å²) in [7, 11) is 0. The maximum Gasteiger partial charge on any atom is 0.187 e. The Morgan fingerprint density at radius 2 is 2.17 bits per heavy atom. The number of nitrogens with two attached hydrogens (primary N) is 1. The fourth-order valence-corrected chi connectivity index (χ4v) is 2.52. The number of halogens is 1. The summed E-state index contributed by atoms with van der Waals surface area (Å²) in [5.74, 6) is 0.614. The first-order valence-electron chi connectivity index (χ1n) is 5.11. The Hall–Kier alpha value is -1.92. The molecule has 0 saturated heterocycles. The van der Waals surface area contributed by atoms with Gasteiger partial charge in [0.1, 0.15) is 0 Å². The van der Waals surface area contributed by atoms with E-state index in [0.717, 1.165) is 11.3 Å². The predicted octanol–water partition coefficient (Wildman–Crippen LogP) is 2.63. The molecule has 2 heterocycles. The van der Waals surface area contributed by atoms with Gasteiger partial charge in [0.05, 0.1) is 5.69 Å². The molecule has 0 aliphatic carbocycles. The highest BCUT2D eigenvalue weighted by atomic mass is 35.5. The first kappa shape index (κ1) is 11.2. The van der Waals surface area contributed by atoms with Gasteiger partial charge in [-0.05, 0) is 40.1 Å². The third-order valence-electron chi connectivity index (χ3n) is 2.40. The van der Waals surface area contributed by atoms with Gasteiger partial charge in [0, 0.05) is 21.7 Å². The lowest BCUT2D eigenvalue weighted by atomic mass is 10.2. The number of nitrogens with zero attached hydrogens (tertiary/aromatic N) is 4. The normalized spacial score (nSPS) is 10.7. The van der Waals surface area contributed by atoms with Crippen molar-refractivity contribution in [3.05, 3.63) is 40.0 Å². The molecular weight excluding hydrogens is 270 g/mol. The second kappa shape index (κ2) is 4.40. The van der Waals surface area contributed by atoms with E-state index in [-0.39, 0.29) is 0 Å². The molecule has 0 fully saturated rings. The molecule has 0 atom stereocenters. The van der Waals surface area contributed by atoms with E-state index < -0.39 is 0 Å². The average Bonchev–Trinajstić information content (AvgIpc) is 2.98. The number of hydrogen-bond donors (Lipinski definition) is 1. The molecule has 0 spiro atoms. The molecule has 7 heteroatoms. The smallest absolute Gasteiger partial charge is 0.187 e. The summed E-state index contributed by atoms with van der Waals surface area (Å²) in [6.07, 6.45) is 0. The largest absolute Gasteiger partial charge is 0.399 e. The molecule has 3 aromatic rings. The summed E-state index contributed by atoms with van der Waals surface area (Å²) < 4.78 is 1.65. The molecule has 0 saturated carbocycles. The molecule has 0 amide bonds. The minimum absolute atomic E-state index is 0.560. The maximum absolute atomic E-state index is 5.99. The van der Waals surface area contributed by atoms with Gasteiger partial charge in [-0.3, -0.25) is 0 Å². The van der Waals surface area contributed by atoms with Gasteiger partial charge in [-0.1, -0.05) is 11.6 Å². The predicted molar refractivity (Wildman–Crippen MR) is 71.9 cm³/mol. The van der Waals surface area contributed by atoms with Crippen LogP contribution in [0.2, 0.25) is 5.02 Å². The number of aromatic nitrogens is 4. The lowest BCUT2D eigenvalue weighted by Crippen LogP contribution is -1.98. The van der Waals surface area contributed by atoms with E-state index in [0.29, 0.717) is 16.5 Å². The van der Waals surface area contributed by atoms with Crippen molar-refractivity contribution in [2.45, 2.75) is 0 Å². The Morgan fingerprint density at radius 3 is 2.89 bits per heavy atom. The van der Waals surface area contributed by atoms with Crippen LogP contribution < -0.4 is 5.73 Å². The fraction of sp³-hybridized carbons (Fsp3) is 0. The van der Waals surface area contributed by atoms with Crippen LogP contribution in [0.5, 0.6) is 0 Å². The first-order chi connectivity index (χ1) is 8.74. The maximum atomic E-state index is 5.99. The lowest BCUT2D eigenvalue weighted by Gasteiger charge is -2.04. The van der Waals surface area contributed by atoms with Crippen LogP contribution >= 0.6 is 22.9 Å². The van der Waals surface area contributed by atoms with Crippen molar-refractivity contribution in [1.82, 2.24) is 20.2 Å². The van der Waals surface area contributed by atoms with E-state index in [1.54, 1.807) is 34.2 Å². The van der Waals surface area contributed by atoms with Crippen LogP contribution in [-0.4, -0.2) is 20.2 Å². The molecule has 0 bridgehead atoms. The summed E-state index contributed by atoms with van der Waals surface area (Å²) in [4.78, 5) is 0. The number of anilines is 1. The molecule has 2 aromatic heterocycles. The van der Waals surface area contributed by atoms with Gasteiger partial charge in [-0.2, -0.15) is 16.0 Å². The van der Waals surface area contributed by atoms with Gasteiger partial charge in [0.25, 0.3) is 0 Å². The summed E-state index contributed by atoms with van der Waals surface area (Å²) in [6, 6.07) is 7.20. The molecule has 0 aliphatic rings. The van der Waals surface area contributed by atoms with E-state index in [1.165, 1.54) is 0 Å². The molecule has 3 rings (SSSR count). The van der Waals surface area contributed by atoms with Crippen LogP contribution in [0.4, 0.5) is 5.69 Å². The zero-order valence-corrected chi connectivity index (χ0v) is 10.7. The Morgan fingerprint density at radius 1 is 1.28 bits per heavy atom. The third kappa shape index (κ3) is 1.96. The van der Waals surface area contributed by atoms with Crippen LogP contribution in [0, 0.1) is 0 Å². The van der Waals surface area contributed by atoms with Crippen LogP contribution in [0.25, 0.3) is 17.1 Å². The van der Waals surface area contributed by atoms with Crippen LogP contribution in [-0.2, 0) is 0 Å². The molecule has 5 nitrogen and oxygen atoms in total. The van der Waals surface area contributed by atoms with Crippen molar-refractivity contribution in [3.63, 3.8) is 0 Å². The SMILES string of the molecule is Nc1cc(Cl)cc(-c2nnnn2-c2ccsc2)c1. The zero-order valence-electron chi connectivity index (χ0n) is 9.12. The summed E-state index contributed by atoms with van der Waals surface area (Å²) in [5, 5.41) is 16.2. The Bertz CT molecular complexity index is 656. The topological polar surface area (TPSA) is 69.6 Å². The van der Waals surface area contributed by atoms with Gasteiger partial charge in [-0.15, -0.1) is 5.10 Å². The van der Waals surface area contributed by atoms with Crippen molar-refractivity contribution in [1.29, 1.82) is 0 Å². The van der Waals surface area contributed by atoms with Gasteiger partial charge in [0.2, 0.25) is 0 Å². The summed E-state index contributed by atoms with van der Waals surface area (Å²) in [5.41, 5.74) is 8.06. The number of benzene rings is 1. The van der Waals surface area contributed by atoms with Gasteiger partial charge in [-0.25, -0.2) is 0 Å². The molecule has 0 radical (unpaired) electrons. The zero-order chi connectivity index (χ0) is 12.5. The summed E-state index contributed by atoms with van der Waals surface area (Å²) >= 11 is 7.57. The Kier molecular flexibility index (Phi) is 2.73. The highest BCUT2D eigenvalue weighted by Gasteiger charge is 2.12. The van der Waals surface area contributed by atoms with Gasteiger partial charge < -0.3 is 5.73 Å². The molecule has 1 aromatic carbocycles. The minimum Gasteiger partial charge on any atom is -0.399 e. The number of hydrogen-bond acceptors (Lipinski definition) is 5. The number of thiophene rings is 1. The van der Waals surface area contributed by atoms with E-state index in [2.05, 4.69) is 15.5 Å². The summed E-state index contributed by atoms with van der Waals surface area (Å²) in [6.45, 7) is 0. The van der Waals surface area contributed by atoms with E-state index in [1.807, 2.05) is 16.8 Å². The van der Waals surface area contributed by atoms with E-state index in [9.17, 15) is 0 Å². The van der Waals surface area contributed by atoms with Gasteiger partial charge >= 0.3 is 0 Å². The number of rotatable bonds is 2. The second-order valence-electron chi connectivity index (χ2n) is 3.67. The Labute approximate surface area is 112 Å². The average molecular weight is 278 g/mol. The monoisotopic (exact) mass is 277 g/mol. The molecule has 2 N–H and O–H groups in total.